The van der Waals surface area contributed by atoms with Crippen molar-refractivity contribution in [3.05, 3.63) is 0 Å². The van der Waals surface area contributed by atoms with E-state index in [-0.39, 0.29) is 0 Å². The summed E-state index contributed by atoms with van der Waals surface area (Å²) in [6.45, 7) is 14.8. The molecule has 0 aromatic carbocycles. The van der Waals surface area contributed by atoms with Crippen molar-refractivity contribution < 1.29 is 0 Å². The van der Waals surface area contributed by atoms with Crippen molar-refractivity contribution in [3.8, 4) is 0 Å². The average Bonchev–Trinajstić information content (AvgIpc) is 2.84. The van der Waals surface area contributed by atoms with Crippen molar-refractivity contribution >= 4 is 0 Å². The summed E-state index contributed by atoms with van der Waals surface area (Å²) in [5.41, 5.74) is 0. The molecule has 32 heavy (non-hydrogen) atoms. The van der Waals surface area contributed by atoms with Crippen molar-refractivity contribution in [2.75, 3.05) is 0 Å². The van der Waals surface area contributed by atoms with Gasteiger partial charge in [0, 0.05) is 0 Å². The molecule has 3 rings (SSSR count). The van der Waals surface area contributed by atoms with Gasteiger partial charge in [-0.1, -0.05) is 106 Å². The molecule has 0 aromatic rings. The van der Waals surface area contributed by atoms with Crippen molar-refractivity contribution in [1.82, 2.24) is 0 Å². The molecule has 0 nitrogen and oxygen atoms in total. The Labute approximate surface area is 203 Å². The Morgan fingerprint density at radius 2 is 0.656 bits per heavy atom. The highest BCUT2D eigenvalue weighted by molar-refractivity contribution is 4.90. The Hall–Kier alpha value is 0. The SMILES string of the molecule is CCC1CC(CC)C(CC2CCC(CC3C(CC)CC(CC)CC3CC)CC2)C(CC)C1. The summed E-state index contributed by atoms with van der Waals surface area (Å²) in [7, 11) is 0. The minimum absolute atomic E-state index is 1.03. The highest BCUT2D eigenvalue weighted by atomic mass is 14.4. The molecule has 188 valence electrons. The van der Waals surface area contributed by atoms with Crippen molar-refractivity contribution in [3.63, 3.8) is 0 Å². The van der Waals surface area contributed by atoms with Crippen LogP contribution in [-0.2, 0) is 0 Å². The van der Waals surface area contributed by atoms with Crippen LogP contribution in [-0.4, -0.2) is 0 Å². The fraction of sp³-hybridized carbons (Fsp3) is 1.00. The lowest BCUT2D eigenvalue weighted by Gasteiger charge is -2.45. The molecular formula is C32H60. The molecule has 3 fully saturated rings. The van der Waals surface area contributed by atoms with Gasteiger partial charge >= 0.3 is 0 Å². The second-order valence-corrected chi connectivity index (χ2v) is 12.9. The van der Waals surface area contributed by atoms with Crippen LogP contribution in [0.2, 0.25) is 0 Å². The molecule has 0 amide bonds. The van der Waals surface area contributed by atoms with E-state index in [2.05, 4.69) is 41.5 Å². The molecule has 0 bridgehead atoms. The monoisotopic (exact) mass is 444 g/mol. The third-order valence-corrected chi connectivity index (χ3v) is 11.4. The van der Waals surface area contributed by atoms with Gasteiger partial charge in [0.15, 0.2) is 0 Å². The van der Waals surface area contributed by atoms with Crippen LogP contribution >= 0.6 is 0 Å². The van der Waals surface area contributed by atoms with Gasteiger partial charge in [0.05, 0.1) is 0 Å². The van der Waals surface area contributed by atoms with Crippen LogP contribution in [0.3, 0.4) is 0 Å². The summed E-state index contributed by atoms with van der Waals surface area (Å²) in [6, 6.07) is 0. The summed E-state index contributed by atoms with van der Waals surface area (Å²) in [6.07, 6.45) is 24.1. The van der Waals surface area contributed by atoms with E-state index in [4.69, 9.17) is 0 Å². The molecule has 0 heteroatoms. The van der Waals surface area contributed by atoms with Gasteiger partial charge in [-0.3, -0.25) is 0 Å². The normalized spacial score (nSPS) is 43.3. The Balaban J connectivity index is 1.52. The van der Waals surface area contributed by atoms with E-state index in [0.717, 1.165) is 59.2 Å². The first-order valence-corrected chi connectivity index (χ1v) is 15.6. The van der Waals surface area contributed by atoms with Crippen molar-refractivity contribution in [2.45, 2.75) is 144 Å². The minimum atomic E-state index is 1.03. The molecule has 0 aromatic heterocycles. The maximum Gasteiger partial charge on any atom is -0.0355 e. The zero-order chi connectivity index (χ0) is 23.1. The van der Waals surface area contributed by atoms with E-state index in [0.29, 0.717) is 0 Å². The van der Waals surface area contributed by atoms with E-state index < -0.39 is 0 Å². The predicted octanol–water partition coefficient (Wildman–Crippen LogP) is 10.6. The van der Waals surface area contributed by atoms with Gasteiger partial charge in [-0.2, -0.15) is 0 Å². The Bertz CT molecular complexity index is 426. The van der Waals surface area contributed by atoms with Gasteiger partial charge in [-0.15, -0.1) is 0 Å². The van der Waals surface area contributed by atoms with Gasteiger partial charge in [-0.25, -0.2) is 0 Å². The van der Waals surface area contributed by atoms with Crippen LogP contribution in [0.4, 0.5) is 0 Å². The molecule has 3 aliphatic carbocycles. The summed E-state index contributed by atoms with van der Waals surface area (Å²) in [5, 5.41) is 0. The first-order chi connectivity index (χ1) is 15.6. The fourth-order valence-corrected chi connectivity index (χ4v) is 9.16. The Morgan fingerprint density at radius 3 is 0.875 bits per heavy atom. The maximum atomic E-state index is 2.49. The first kappa shape index (κ1) is 26.6. The lowest BCUT2D eigenvalue weighted by molar-refractivity contribution is 0.0515. The molecule has 0 spiro atoms. The predicted molar refractivity (Wildman–Crippen MR) is 143 cm³/mol. The topological polar surface area (TPSA) is 0 Å². The Morgan fingerprint density at radius 1 is 0.375 bits per heavy atom. The zero-order valence-corrected chi connectivity index (χ0v) is 23.1. The van der Waals surface area contributed by atoms with Gasteiger partial charge < -0.3 is 0 Å². The lowest BCUT2D eigenvalue weighted by Crippen LogP contribution is -2.35. The van der Waals surface area contributed by atoms with Crippen LogP contribution in [0.25, 0.3) is 0 Å². The lowest BCUT2D eigenvalue weighted by atomic mass is 9.60. The summed E-state index contributed by atoms with van der Waals surface area (Å²) in [5.74, 6) is 10.4. The average molecular weight is 445 g/mol. The van der Waals surface area contributed by atoms with E-state index in [9.17, 15) is 0 Å². The standard InChI is InChI=1S/C32H60/c1-7-23-17-27(9-3)31(28(10-4)18-23)21-25-13-15-26(16-14-25)22-32-29(11-5)19-24(8-2)20-30(32)12-6/h23-32H,7-22H2,1-6H3. The molecule has 0 N–H and O–H groups in total. The van der Waals surface area contributed by atoms with Crippen LogP contribution in [0.5, 0.6) is 0 Å². The van der Waals surface area contributed by atoms with Gasteiger partial charge in [0.2, 0.25) is 0 Å². The second-order valence-electron chi connectivity index (χ2n) is 12.9. The molecule has 0 radical (unpaired) electrons. The number of rotatable bonds is 10. The zero-order valence-electron chi connectivity index (χ0n) is 23.1. The largest absolute Gasteiger partial charge is 0.0651 e. The van der Waals surface area contributed by atoms with Gasteiger partial charge in [0.25, 0.3) is 0 Å². The van der Waals surface area contributed by atoms with Crippen LogP contribution in [0, 0.1) is 59.2 Å². The second kappa shape index (κ2) is 13.2. The highest BCUT2D eigenvalue weighted by Crippen LogP contribution is 2.50. The summed E-state index contributed by atoms with van der Waals surface area (Å²) < 4.78 is 0. The van der Waals surface area contributed by atoms with E-state index in [1.54, 1.807) is 64.2 Å². The van der Waals surface area contributed by atoms with Crippen molar-refractivity contribution in [2.24, 2.45) is 59.2 Å². The molecule has 3 saturated carbocycles. The molecular weight excluding hydrogens is 384 g/mol. The number of hydrogen-bond donors (Lipinski definition) is 0. The van der Waals surface area contributed by atoms with Crippen LogP contribution in [0.15, 0.2) is 0 Å². The van der Waals surface area contributed by atoms with Gasteiger partial charge in [-0.05, 0) is 97.7 Å². The molecule has 0 aliphatic heterocycles. The summed E-state index contributed by atoms with van der Waals surface area (Å²) >= 11 is 0. The van der Waals surface area contributed by atoms with E-state index >= 15 is 0 Å². The first-order valence-electron chi connectivity index (χ1n) is 15.6. The third kappa shape index (κ3) is 6.56. The molecule has 4 unspecified atom stereocenters. The summed E-state index contributed by atoms with van der Waals surface area (Å²) in [4.78, 5) is 0. The van der Waals surface area contributed by atoms with Gasteiger partial charge in [0.1, 0.15) is 0 Å². The van der Waals surface area contributed by atoms with Crippen LogP contribution < -0.4 is 0 Å². The Kier molecular flexibility index (Phi) is 11.0. The molecule has 0 saturated heterocycles. The van der Waals surface area contributed by atoms with Crippen molar-refractivity contribution in [1.29, 1.82) is 0 Å². The molecule has 3 aliphatic rings. The third-order valence-electron chi connectivity index (χ3n) is 11.4. The highest BCUT2D eigenvalue weighted by Gasteiger charge is 2.39. The molecule has 0 heterocycles. The maximum absolute atomic E-state index is 2.49. The number of hydrogen-bond acceptors (Lipinski definition) is 0. The quantitative estimate of drug-likeness (QED) is 0.314. The smallest absolute Gasteiger partial charge is 0.0355 e. The van der Waals surface area contributed by atoms with Crippen LogP contribution in [0.1, 0.15) is 144 Å². The van der Waals surface area contributed by atoms with E-state index in [1.165, 1.54) is 38.5 Å². The fourth-order valence-electron chi connectivity index (χ4n) is 9.16. The van der Waals surface area contributed by atoms with E-state index in [1.807, 2.05) is 0 Å². The minimum Gasteiger partial charge on any atom is -0.0651 e. The molecule has 4 atom stereocenters.